The van der Waals surface area contributed by atoms with E-state index < -0.39 is 23.4 Å². The molecule has 1 aromatic carbocycles. The minimum atomic E-state index is -1.11. The minimum Gasteiger partial charge on any atom is -0.489 e. The summed E-state index contributed by atoms with van der Waals surface area (Å²) in [5.74, 6) is -0.652. The molecular weight excluding hydrogens is 457 g/mol. The molecule has 0 radical (unpaired) electrons. The number of fused-ring (bicyclic) bond motifs is 1. The van der Waals surface area contributed by atoms with Crippen LogP contribution in [-0.2, 0) is 24.0 Å². The molecular formula is C21H20FN3O7S. The van der Waals surface area contributed by atoms with Gasteiger partial charge in [0.2, 0.25) is 11.6 Å². The largest absolute Gasteiger partial charge is 0.489 e. The summed E-state index contributed by atoms with van der Waals surface area (Å²) in [5.41, 5.74) is -1.21. The Kier molecular flexibility index (Phi) is 6.54. The van der Waals surface area contributed by atoms with Crippen LogP contribution in [0.2, 0.25) is 0 Å². The Morgan fingerprint density at radius 1 is 1.42 bits per heavy atom. The van der Waals surface area contributed by atoms with Gasteiger partial charge in [-0.3, -0.25) is 14.4 Å². The van der Waals surface area contributed by atoms with Gasteiger partial charge in [-0.2, -0.15) is 0 Å². The average Bonchev–Trinajstić information content (AvgIpc) is 3.34. The maximum atomic E-state index is 13.4. The number of halogens is 1. The molecule has 2 aliphatic rings. The van der Waals surface area contributed by atoms with Gasteiger partial charge in [0.1, 0.15) is 36.7 Å². The molecule has 2 unspecified atom stereocenters. The van der Waals surface area contributed by atoms with Gasteiger partial charge in [0, 0.05) is 11.8 Å². The van der Waals surface area contributed by atoms with E-state index in [-0.39, 0.29) is 41.7 Å². The molecule has 0 saturated carbocycles. The number of amides is 2. The van der Waals surface area contributed by atoms with Gasteiger partial charge in [-0.25, -0.2) is 4.39 Å². The highest BCUT2D eigenvalue weighted by Crippen LogP contribution is 2.40. The lowest BCUT2D eigenvalue weighted by molar-refractivity contribution is -0.163. The highest BCUT2D eigenvalue weighted by Gasteiger charge is 2.56. The Labute approximate surface area is 192 Å². The number of rotatable bonds is 9. The van der Waals surface area contributed by atoms with Crippen LogP contribution in [0, 0.1) is 5.82 Å². The van der Waals surface area contributed by atoms with Crippen molar-refractivity contribution in [2.75, 3.05) is 26.0 Å². The van der Waals surface area contributed by atoms with E-state index in [0.717, 1.165) is 0 Å². The summed E-state index contributed by atoms with van der Waals surface area (Å²) in [6, 6.07) is 7.93. The molecule has 1 N–H and O–H groups in total. The van der Waals surface area contributed by atoms with Crippen molar-refractivity contribution in [3.8, 4) is 5.75 Å². The van der Waals surface area contributed by atoms with Crippen molar-refractivity contribution in [2.45, 2.75) is 17.0 Å². The molecule has 0 spiro atoms. The first kappa shape index (κ1) is 22.6. The zero-order chi connectivity index (χ0) is 23.4. The number of carbonyl (C=O) groups excluding carboxylic acids is 3. The van der Waals surface area contributed by atoms with Gasteiger partial charge in [0.05, 0.1) is 12.8 Å². The first-order chi connectivity index (χ1) is 16.0. The van der Waals surface area contributed by atoms with E-state index in [1.165, 1.54) is 48.2 Å². The Morgan fingerprint density at radius 2 is 2.27 bits per heavy atom. The molecule has 3 heterocycles. The number of furan rings is 1. The number of hydrogen-bond donors (Lipinski definition) is 1. The third-order valence-corrected chi connectivity index (χ3v) is 6.71. The van der Waals surface area contributed by atoms with E-state index in [0.29, 0.717) is 12.2 Å². The Bertz CT molecular complexity index is 1060. The fourth-order valence-corrected chi connectivity index (χ4v) is 5.04. The molecule has 33 heavy (non-hydrogen) atoms. The number of benzene rings is 1. The summed E-state index contributed by atoms with van der Waals surface area (Å²) in [6.07, 6.45) is 1.39. The summed E-state index contributed by atoms with van der Waals surface area (Å²) in [4.78, 5) is 42.8. The van der Waals surface area contributed by atoms with Gasteiger partial charge in [0.25, 0.3) is 12.4 Å². The standard InChI is InChI=1S/C21H20FN3O7S/c1-29-24-16(15-6-3-7-30-15)18(27)23-17-19(28)25-9-21(32-12-26,11-33-20(17)25)10-31-14-5-2-4-13(22)8-14/h2-8,12,17,20H,9-11H2,1H3,(H,23,27)/b24-16+/t17?,20-,21?/m1/s1. The molecule has 174 valence electrons. The van der Waals surface area contributed by atoms with Crippen LogP contribution in [0.3, 0.4) is 0 Å². The van der Waals surface area contributed by atoms with Crippen LogP contribution in [0.5, 0.6) is 5.75 Å². The maximum Gasteiger partial charge on any atom is 0.293 e. The van der Waals surface area contributed by atoms with Gasteiger partial charge in [-0.1, -0.05) is 11.2 Å². The SMILES string of the molecule is CO/N=C(/C(=O)NC1C(=O)N2CC(COc3cccc(F)c3)(OC=O)CS[C@H]12)c1ccco1. The Hall–Kier alpha value is -3.54. The first-order valence-corrected chi connectivity index (χ1v) is 10.9. The monoisotopic (exact) mass is 477 g/mol. The first-order valence-electron chi connectivity index (χ1n) is 9.84. The lowest BCUT2D eigenvalue weighted by Crippen LogP contribution is -2.75. The average molecular weight is 477 g/mol. The number of nitrogens with one attached hydrogen (secondary N) is 1. The molecule has 1 aromatic heterocycles. The lowest BCUT2D eigenvalue weighted by Gasteiger charge is -2.53. The molecule has 2 aromatic rings. The molecule has 10 nitrogen and oxygen atoms in total. The fourth-order valence-electron chi connectivity index (χ4n) is 3.58. The zero-order valence-corrected chi connectivity index (χ0v) is 18.2. The van der Waals surface area contributed by atoms with Gasteiger partial charge in [0.15, 0.2) is 11.4 Å². The summed E-state index contributed by atoms with van der Waals surface area (Å²) < 4.78 is 29.6. The number of nitrogens with zero attached hydrogens (tertiary/aromatic N) is 2. The van der Waals surface area contributed by atoms with Crippen LogP contribution in [0.25, 0.3) is 0 Å². The smallest absolute Gasteiger partial charge is 0.293 e. The molecule has 2 aliphatic heterocycles. The Balaban J connectivity index is 1.41. The molecule has 4 rings (SSSR count). The van der Waals surface area contributed by atoms with E-state index in [2.05, 4.69) is 10.5 Å². The van der Waals surface area contributed by atoms with Gasteiger partial charge in [-0.15, -0.1) is 11.8 Å². The van der Waals surface area contributed by atoms with Crippen molar-refractivity contribution in [2.24, 2.45) is 5.16 Å². The van der Waals surface area contributed by atoms with Crippen molar-refractivity contribution in [1.29, 1.82) is 0 Å². The second-order valence-corrected chi connectivity index (χ2v) is 8.47. The summed E-state index contributed by atoms with van der Waals surface area (Å²) in [5, 5.41) is 5.99. The summed E-state index contributed by atoms with van der Waals surface area (Å²) in [6.45, 7) is 0.302. The molecule has 0 aliphatic carbocycles. The number of carbonyl (C=O) groups is 3. The quantitative estimate of drug-likeness (QED) is 0.247. The predicted octanol–water partition coefficient (Wildman–Crippen LogP) is 1.16. The molecule has 2 amide bonds. The van der Waals surface area contributed by atoms with Crippen molar-refractivity contribution in [3.63, 3.8) is 0 Å². The number of ether oxygens (including phenoxy) is 2. The normalized spacial score (nSPS) is 24.4. The molecule has 12 heteroatoms. The fraction of sp³-hybridized carbons (Fsp3) is 0.333. The Morgan fingerprint density at radius 3 is 2.97 bits per heavy atom. The van der Waals surface area contributed by atoms with Gasteiger partial charge in [-0.05, 0) is 24.3 Å². The molecule has 3 atom stereocenters. The van der Waals surface area contributed by atoms with Crippen LogP contribution in [0.15, 0.2) is 52.2 Å². The molecule has 0 bridgehead atoms. The van der Waals surface area contributed by atoms with E-state index in [9.17, 15) is 18.8 Å². The van der Waals surface area contributed by atoms with Crippen LogP contribution < -0.4 is 10.1 Å². The second kappa shape index (κ2) is 9.53. The second-order valence-electron chi connectivity index (χ2n) is 7.36. The van der Waals surface area contributed by atoms with Gasteiger partial charge < -0.3 is 28.9 Å². The summed E-state index contributed by atoms with van der Waals surface area (Å²) in [7, 11) is 1.29. The minimum absolute atomic E-state index is 0.0706. The van der Waals surface area contributed by atoms with E-state index in [1.807, 2.05) is 0 Å². The van der Waals surface area contributed by atoms with Crippen LogP contribution in [-0.4, -0.2) is 71.9 Å². The maximum absolute atomic E-state index is 13.4. The number of hydrogen-bond acceptors (Lipinski definition) is 9. The van der Waals surface area contributed by atoms with Crippen molar-refractivity contribution in [1.82, 2.24) is 10.2 Å². The van der Waals surface area contributed by atoms with Crippen molar-refractivity contribution in [3.05, 3.63) is 54.2 Å². The molecule has 2 fully saturated rings. The van der Waals surface area contributed by atoms with Gasteiger partial charge >= 0.3 is 0 Å². The lowest BCUT2D eigenvalue weighted by atomic mass is 9.99. The topological polar surface area (TPSA) is 120 Å². The van der Waals surface area contributed by atoms with Crippen LogP contribution >= 0.6 is 11.8 Å². The number of β-lactam (4-membered cyclic amide) rings is 1. The van der Waals surface area contributed by atoms with E-state index >= 15 is 0 Å². The van der Waals surface area contributed by atoms with E-state index in [4.69, 9.17) is 18.7 Å². The van der Waals surface area contributed by atoms with Crippen molar-refractivity contribution < 1.29 is 37.5 Å². The molecule has 2 saturated heterocycles. The van der Waals surface area contributed by atoms with Crippen molar-refractivity contribution >= 4 is 35.8 Å². The van der Waals surface area contributed by atoms with Crippen LogP contribution in [0.4, 0.5) is 4.39 Å². The predicted molar refractivity (Wildman–Crippen MR) is 114 cm³/mol. The number of thioether (sulfide) groups is 1. The highest BCUT2D eigenvalue weighted by atomic mass is 32.2. The van der Waals surface area contributed by atoms with Crippen LogP contribution in [0.1, 0.15) is 5.76 Å². The zero-order valence-electron chi connectivity index (χ0n) is 17.4. The third-order valence-electron chi connectivity index (χ3n) is 5.15. The van der Waals surface area contributed by atoms with E-state index in [1.54, 1.807) is 18.2 Å². The third kappa shape index (κ3) is 4.65. The summed E-state index contributed by atoms with van der Waals surface area (Å²) >= 11 is 1.33. The number of oxime groups is 1. The highest BCUT2D eigenvalue weighted by molar-refractivity contribution is 8.00.